The summed E-state index contributed by atoms with van der Waals surface area (Å²) in [7, 11) is 6.53. The van der Waals surface area contributed by atoms with Crippen molar-refractivity contribution in [1.82, 2.24) is 9.80 Å². The van der Waals surface area contributed by atoms with Crippen molar-refractivity contribution in [3.05, 3.63) is 59.7 Å². The summed E-state index contributed by atoms with van der Waals surface area (Å²) in [6, 6.07) is 14.8. The predicted molar refractivity (Wildman–Crippen MR) is 263 cm³/mol. The summed E-state index contributed by atoms with van der Waals surface area (Å²) in [5.74, 6) is 0.759. The first-order valence-corrected chi connectivity index (χ1v) is 24.7. The van der Waals surface area contributed by atoms with E-state index < -0.39 is 29.4 Å². The number of rotatable bonds is 14. The van der Waals surface area contributed by atoms with E-state index >= 15 is 0 Å². The number of hydrogen-bond donors (Lipinski definition) is 1. The third-order valence-corrected chi connectivity index (χ3v) is 14.0. The second-order valence-electron chi connectivity index (χ2n) is 19.3. The Bertz CT molecular complexity index is 1950. The molecule has 2 saturated heterocycles. The number of methoxy groups -OCH3 is 2. The number of nitrogens with zero attached hydrogens (tertiary/aromatic N) is 4. The number of hydrogen-bond acceptors (Lipinski definition) is 17. The number of carbonyl (C=O) groups is 4. The van der Waals surface area contributed by atoms with Crippen LogP contribution in [0.3, 0.4) is 0 Å². The number of aliphatic carboxylic acids is 1. The van der Waals surface area contributed by atoms with Gasteiger partial charge in [0.2, 0.25) is 0 Å². The summed E-state index contributed by atoms with van der Waals surface area (Å²) in [6.07, 6.45) is -0.474. The standard InChI is InChI=1S/C25H36N2O6S.C24H34N2O7S.K.H2O/c1-15(28)8-13-19-16(2)21(31-14-17-9-11-18(30-7)12-10-17)20-22(32-19)34-23(26-20)27(6)24(29)33-25(3,4)5;1-14-17(11-12-18(27)28)32-21-19(20(14)31-13-15-7-9-16(30-6)10-8-15)25-22(34-21)26(5)23(29)33-24(2,3)4;;/h9-12,16,19-22H,8,13-14H2,1-7H3;7-10,14,17,19-21H,11-13H2,1-6H3,(H,27,28);;1H2/q;;+1;/p-1/t16-,19-,20-,21+,22-;14-,17-,19-,20+,21-;;/m11../s1. The van der Waals surface area contributed by atoms with Gasteiger partial charge in [0, 0.05) is 38.8 Å². The minimum Gasteiger partial charge on any atom is -0.870 e. The van der Waals surface area contributed by atoms with Gasteiger partial charge in [-0.05, 0) is 96.7 Å². The molecule has 0 bridgehead atoms. The molecule has 2 aromatic rings. The molecule has 0 spiro atoms. The van der Waals surface area contributed by atoms with Crippen molar-refractivity contribution in [2.45, 2.75) is 160 Å². The molecule has 0 aliphatic carbocycles. The molecule has 70 heavy (non-hydrogen) atoms. The van der Waals surface area contributed by atoms with E-state index in [1.165, 1.54) is 33.3 Å². The number of carboxylic acids is 1. The summed E-state index contributed by atoms with van der Waals surface area (Å²) in [6.45, 7) is 17.4. The van der Waals surface area contributed by atoms with Crippen molar-refractivity contribution in [3.63, 3.8) is 0 Å². The van der Waals surface area contributed by atoms with E-state index in [9.17, 15) is 19.2 Å². The van der Waals surface area contributed by atoms with E-state index in [1.54, 1.807) is 35.2 Å². The maximum Gasteiger partial charge on any atom is 1.00 e. The minimum absolute atomic E-state index is 0. The Balaban J connectivity index is 0.000000360. The number of aliphatic imine (C=N–C) groups is 2. The van der Waals surface area contributed by atoms with Crippen LogP contribution in [0.5, 0.6) is 11.5 Å². The van der Waals surface area contributed by atoms with Crippen LogP contribution in [0.15, 0.2) is 58.5 Å². The van der Waals surface area contributed by atoms with Crippen LogP contribution in [0.25, 0.3) is 0 Å². The third kappa shape index (κ3) is 17.7. The van der Waals surface area contributed by atoms with E-state index in [4.69, 9.17) is 53.0 Å². The van der Waals surface area contributed by atoms with Gasteiger partial charge in [-0.25, -0.2) is 9.59 Å². The number of carbonyl (C=O) groups excluding carboxylic acids is 3. The van der Waals surface area contributed by atoms with Gasteiger partial charge < -0.3 is 53.3 Å². The Kier molecular flexibility index (Phi) is 24.1. The molecule has 0 unspecified atom stereocenters. The predicted octanol–water partition coefficient (Wildman–Crippen LogP) is 5.62. The third-order valence-electron chi connectivity index (χ3n) is 11.6. The number of benzene rings is 2. The van der Waals surface area contributed by atoms with Gasteiger partial charge in [-0.1, -0.05) is 61.6 Å². The van der Waals surface area contributed by atoms with Crippen LogP contribution < -0.4 is 60.9 Å². The number of carboxylic acid groups (broad SMARTS) is 1. The first-order valence-electron chi connectivity index (χ1n) is 22.9. The quantitative estimate of drug-likeness (QED) is 0.227. The van der Waals surface area contributed by atoms with Gasteiger partial charge in [0.25, 0.3) is 0 Å². The van der Waals surface area contributed by atoms with Crippen molar-refractivity contribution in [1.29, 1.82) is 0 Å². The molecule has 0 saturated carbocycles. The number of amidine groups is 2. The molecule has 0 radical (unpaired) electrons. The normalized spacial score (nSPS) is 25.7. The zero-order valence-corrected chi connectivity index (χ0v) is 47.8. The number of ether oxygens (including phenoxy) is 8. The Morgan fingerprint density at radius 1 is 0.657 bits per heavy atom. The number of amides is 2. The van der Waals surface area contributed by atoms with E-state index in [-0.39, 0.29) is 128 Å². The fourth-order valence-corrected chi connectivity index (χ4v) is 10.2. The van der Waals surface area contributed by atoms with Crippen molar-refractivity contribution in [3.8, 4) is 11.5 Å². The van der Waals surface area contributed by atoms with Gasteiger partial charge in [-0.15, -0.1) is 0 Å². The Morgan fingerprint density at radius 3 is 1.33 bits per heavy atom. The van der Waals surface area contributed by atoms with Crippen LogP contribution in [0, 0.1) is 11.8 Å². The second-order valence-corrected chi connectivity index (χ2v) is 21.5. The SMILES string of the molecule is COc1ccc(CO[C@H]2[C@H](C)[C@@H](CCC(=O)O)O[C@@H]3SC(N(C)C(=O)OC(C)(C)C)=N[C@H]23)cc1.COc1ccc(CO[C@H]2[C@H](C)[C@@H](CCC(C)=O)O[C@@H]3SC(N(C)C(=O)OC(C)(C)C)=N[C@H]23)cc1.[K+].[OH-]. The number of thioether (sulfide) groups is 2. The van der Waals surface area contributed by atoms with Crippen LogP contribution in [-0.4, -0.2) is 142 Å². The molecule has 2 fully saturated rings. The summed E-state index contributed by atoms with van der Waals surface area (Å²) in [4.78, 5) is 60.4. The molecule has 4 aliphatic rings. The van der Waals surface area contributed by atoms with Gasteiger partial charge >= 0.3 is 69.5 Å². The molecule has 6 rings (SSSR count). The van der Waals surface area contributed by atoms with Crippen molar-refractivity contribution < 1.29 is 119 Å². The van der Waals surface area contributed by atoms with Crippen LogP contribution >= 0.6 is 23.5 Å². The fourth-order valence-electron chi connectivity index (χ4n) is 7.85. The summed E-state index contributed by atoms with van der Waals surface area (Å²) in [5.41, 5.74) is 0.105. The maximum atomic E-state index is 12.6. The molecule has 18 nitrogen and oxygen atoms in total. The average Bonchev–Trinajstić information content (AvgIpc) is 3.90. The van der Waals surface area contributed by atoms with E-state index in [0.29, 0.717) is 42.8 Å². The average molecular weight is 1040 g/mol. The molecular formula is C49H71KN4O14S2. The van der Waals surface area contributed by atoms with Gasteiger partial charge in [-0.3, -0.25) is 24.6 Å². The van der Waals surface area contributed by atoms with Gasteiger partial charge in [0.1, 0.15) is 51.4 Å². The largest absolute Gasteiger partial charge is 1.00 e. The minimum atomic E-state index is -0.866. The summed E-state index contributed by atoms with van der Waals surface area (Å²) in [5, 5.41) is 10.2. The van der Waals surface area contributed by atoms with Crippen molar-refractivity contribution in [2.75, 3.05) is 28.3 Å². The topological polar surface area (TPSA) is 224 Å². The Hall–Kier alpha value is -2.80. The second kappa shape index (κ2) is 27.5. The number of ketones is 1. The number of Topliss-reactive ketones (excluding diaryl/α,β-unsaturated/α-hetero) is 1. The van der Waals surface area contributed by atoms with Crippen LogP contribution in [0.2, 0.25) is 0 Å². The molecular weight excluding hydrogens is 972 g/mol. The fraction of sp³-hybridized carbons (Fsp3) is 0.633. The molecule has 4 aliphatic heterocycles. The van der Waals surface area contributed by atoms with Gasteiger partial charge in [0.15, 0.2) is 10.3 Å². The monoisotopic (exact) mass is 1040 g/mol. The molecule has 384 valence electrons. The molecule has 2 amide bonds. The van der Waals surface area contributed by atoms with Crippen LogP contribution in [0.4, 0.5) is 9.59 Å². The molecule has 2 N–H and O–H groups in total. The van der Waals surface area contributed by atoms with E-state index in [0.717, 1.165) is 22.6 Å². The van der Waals surface area contributed by atoms with E-state index in [1.807, 2.05) is 97.0 Å². The zero-order valence-electron chi connectivity index (χ0n) is 43.0. The van der Waals surface area contributed by atoms with Crippen molar-refractivity contribution in [2.24, 2.45) is 21.8 Å². The summed E-state index contributed by atoms with van der Waals surface area (Å²) >= 11 is 2.74. The molecule has 0 aromatic heterocycles. The molecule has 21 heteroatoms. The number of fused-ring (bicyclic) bond motifs is 2. The van der Waals surface area contributed by atoms with Crippen LogP contribution in [-0.2, 0) is 51.2 Å². The van der Waals surface area contributed by atoms with Gasteiger partial charge in [-0.2, -0.15) is 0 Å². The maximum absolute atomic E-state index is 12.6. The first-order chi connectivity index (χ1) is 32.0. The first kappa shape index (κ1) is 61.5. The molecule has 4 heterocycles. The molecule has 10 atom stereocenters. The van der Waals surface area contributed by atoms with E-state index in [2.05, 4.69) is 6.92 Å². The van der Waals surface area contributed by atoms with Crippen LogP contribution in [0.1, 0.15) is 99.1 Å². The smallest absolute Gasteiger partial charge is 0.870 e. The molecule has 2 aromatic carbocycles. The summed E-state index contributed by atoms with van der Waals surface area (Å²) < 4.78 is 46.8. The Labute approximate surface area is 463 Å². The van der Waals surface area contributed by atoms with Crippen molar-refractivity contribution >= 4 is 57.8 Å². The zero-order chi connectivity index (χ0) is 50.1. The Morgan fingerprint density at radius 2 is 1.01 bits per heavy atom. The van der Waals surface area contributed by atoms with Gasteiger partial charge in [0.05, 0.1) is 51.8 Å².